The number of hydrogen-bond donors (Lipinski definition) is 2. The van der Waals surface area contributed by atoms with Crippen molar-refractivity contribution in [2.45, 2.75) is 38.1 Å². The summed E-state index contributed by atoms with van der Waals surface area (Å²) in [7, 11) is 0. The minimum absolute atomic E-state index is 0.0895. The lowest BCUT2D eigenvalue weighted by molar-refractivity contribution is -0.139. The third-order valence-corrected chi connectivity index (χ3v) is 3.58. The third kappa shape index (κ3) is 3.35. The molecule has 0 radical (unpaired) electrons. The maximum Gasteiger partial charge on any atom is 0.226 e. The van der Waals surface area contributed by atoms with Crippen LogP contribution in [0, 0.1) is 5.92 Å². The molecule has 0 bridgehead atoms. The molecule has 0 spiro atoms. The van der Waals surface area contributed by atoms with Crippen LogP contribution in [0.2, 0.25) is 0 Å². The first-order valence-corrected chi connectivity index (χ1v) is 6.57. The molecule has 1 aliphatic heterocycles. The number of nitrogens with two attached hydrogens (primary N) is 1. The van der Waals surface area contributed by atoms with Crippen molar-refractivity contribution < 1.29 is 14.7 Å². The molecule has 1 amide bonds. The predicted molar refractivity (Wildman–Crippen MR) is 66.3 cm³/mol. The SMILES string of the molecule is NC(CCN(C(=O)C1CCOCC1)C1CC1)=NO. The fourth-order valence-corrected chi connectivity index (χ4v) is 2.32. The number of amides is 1. The molecule has 0 unspecified atom stereocenters. The molecule has 1 saturated heterocycles. The summed E-state index contributed by atoms with van der Waals surface area (Å²) in [5, 5.41) is 11.5. The molecule has 1 heterocycles. The van der Waals surface area contributed by atoms with Gasteiger partial charge in [0.25, 0.3) is 0 Å². The Kier molecular flexibility index (Phi) is 4.41. The molecule has 2 aliphatic rings. The molecule has 1 aliphatic carbocycles. The second-order valence-corrected chi connectivity index (χ2v) is 4.99. The Bertz CT molecular complexity index is 323. The quantitative estimate of drug-likeness (QED) is 0.325. The Hall–Kier alpha value is -1.30. The summed E-state index contributed by atoms with van der Waals surface area (Å²) in [6.07, 6.45) is 4.20. The van der Waals surface area contributed by atoms with Crippen molar-refractivity contribution in [1.82, 2.24) is 4.90 Å². The van der Waals surface area contributed by atoms with Crippen LogP contribution >= 0.6 is 0 Å². The van der Waals surface area contributed by atoms with Gasteiger partial charge in [0.15, 0.2) is 0 Å². The van der Waals surface area contributed by atoms with Gasteiger partial charge in [0.2, 0.25) is 5.91 Å². The van der Waals surface area contributed by atoms with Crippen molar-refractivity contribution >= 4 is 11.7 Å². The number of carbonyl (C=O) groups excluding carboxylic acids is 1. The molecule has 6 nitrogen and oxygen atoms in total. The Morgan fingerprint density at radius 3 is 2.56 bits per heavy atom. The van der Waals surface area contributed by atoms with Gasteiger partial charge in [-0.15, -0.1) is 0 Å². The molecule has 1 saturated carbocycles. The van der Waals surface area contributed by atoms with Crippen molar-refractivity contribution in [1.29, 1.82) is 0 Å². The summed E-state index contributed by atoms with van der Waals surface area (Å²) in [5.74, 6) is 0.485. The fraction of sp³-hybridized carbons (Fsp3) is 0.833. The van der Waals surface area contributed by atoms with E-state index in [0.717, 1.165) is 25.7 Å². The zero-order valence-electron chi connectivity index (χ0n) is 10.5. The highest BCUT2D eigenvalue weighted by molar-refractivity contribution is 5.82. The molecule has 102 valence electrons. The van der Waals surface area contributed by atoms with Gasteiger partial charge in [0.05, 0.1) is 0 Å². The maximum atomic E-state index is 12.4. The second-order valence-electron chi connectivity index (χ2n) is 4.99. The lowest BCUT2D eigenvalue weighted by Gasteiger charge is -2.29. The Morgan fingerprint density at radius 1 is 1.33 bits per heavy atom. The standard InChI is InChI=1S/C12H21N3O3/c13-11(14-17)3-6-15(10-1-2-10)12(16)9-4-7-18-8-5-9/h9-10,17H,1-8H2,(H2,13,14). The average Bonchev–Trinajstić information content (AvgIpc) is 3.24. The summed E-state index contributed by atoms with van der Waals surface area (Å²) in [6, 6.07) is 0.367. The minimum atomic E-state index is 0.0895. The van der Waals surface area contributed by atoms with Crippen molar-refractivity contribution in [3.05, 3.63) is 0 Å². The zero-order chi connectivity index (χ0) is 13.0. The summed E-state index contributed by atoms with van der Waals surface area (Å²) < 4.78 is 5.28. The third-order valence-electron chi connectivity index (χ3n) is 3.58. The van der Waals surface area contributed by atoms with E-state index in [1.807, 2.05) is 4.90 Å². The Labute approximate surface area is 107 Å². The van der Waals surface area contributed by atoms with Crippen LogP contribution in [-0.2, 0) is 9.53 Å². The molecule has 2 rings (SSSR count). The normalized spacial score (nSPS) is 21.9. The predicted octanol–water partition coefficient (Wildman–Crippen LogP) is 0.540. The van der Waals surface area contributed by atoms with E-state index in [9.17, 15) is 4.79 Å². The number of oxime groups is 1. The number of hydrogen-bond acceptors (Lipinski definition) is 4. The van der Waals surface area contributed by atoms with Gasteiger partial charge in [0, 0.05) is 38.1 Å². The van der Waals surface area contributed by atoms with Gasteiger partial charge in [-0.2, -0.15) is 0 Å². The van der Waals surface area contributed by atoms with E-state index < -0.39 is 0 Å². The van der Waals surface area contributed by atoms with Crippen LogP contribution in [0.3, 0.4) is 0 Å². The lowest BCUT2D eigenvalue weighted by Crippen LogP contribution is -2.41. The molecule has 0 atom stereocenters. The van der Waals surface area contributed by atoms with Gasteiger partial charge in [-0.25, -0.2) is 0 Å². The zero-order valence-corrected chi connectivity index (χ0v) is 10.5. The van der Waals surface area contributed by atoms with E-state index in [0.29, 0.717) is 32.2 Å². The molecule has 2 fully saturated rings. The van der Waals surface area contributed by atoms with Crippen molar-refractivity contribution in [2.24, 2.45) is 16.8 Å². The van der Waals surface area contributed by atoms with E-state index in [-0.39, 0.29) is 17.7 Å². The molecule has 0 aromatic rings. The van der Waals surface area contributed by atoms with Crippen molar-refractivity contribution in [2.75, 3.05) is 19.8 Å². The van der Waals surface area contributed by atoms with Crippen molar-refractivity contribution in [3.8, 4) is 0 Å². The highest BCUT2D eigenvalue weighted by Gasteiger charge is 2.36. The van der Waals surface area contributed by atoms with Gasteiger partial charge in [-0.1, -0.05) is 5.16 Å². The van der Waals surface area contributed by atoms with Crippen LogP contribution in [0.15, 0.2) is 5.16 Å². The van der Waals surface area contributed by atoms with Crippen LogP contribution in [0.5, 0.6) is 0 Å². The van der Waals surface area contributed by atoms with Gasteiger partial charge >= 0.3 is 0 Å². The Balaban J connectivity index is 1.89. The Morgan fingerprint density at radius 2 is 2.00 bits per heavy atom. The van der Waals surface area contributed by atoms with Crippen molar-refractivity contribution in [3.63, 3.8) is 0 Å². The summed E-state index contributed by atoms with van der Waals surface area (Å²) in [4.78, 5) is 14.3. The molecule has 18 heavy (non-hydrogen) atoms. The topological polar surface area (TPSA) is 88.2 Å². The molecular weight excluding hydrogens is 234 g/mol. The van der Waals surface area contributed by atoms with E-state index in [2.05, 4.69) is 5.16 Å². The fourth-order valence-electron chi connectivity index (χ4n) is 2.32. The van der Waals surface area contributed by atoms with E-state index in [4.69, 9.17) is 15.7 Å². The van der Waals surface area contributed by atoms with Gasteiger partial charge in [-0.3, -0.25) is 4.79 Å². The minimum Gasteiger partial charge on any atom is -0.409 e. The molecule has 3 N–H and O–H groups in total. The molecule has 0 aromatic carbocycles. The van der Waals surface area contributed by atoms with Gasteiger partial charge in [-0.05, 0) is 25.7 Å². The lowest BCUT2D eigenvalue weighted by atomic mass is 9.98. The maximum absolute atomic E-state index is 12.4. The highest BCUT2D eigenvalue weighted by atomic mass is 16.5. The number of rotatable bonds is 5. The average molecular weight is 255 g/mol. The van der Waals surface area contributed by atoms with Crippen LogP contribution in [0.4, 0.5) is 0 Å². The van der Waals surface area contributed by atoms with E-state index in [1.54, 1.807) is 0 Å². The van der Waals surface area contributed by atoms with Crippen LogP contribution in [0.1, 0.15) is 32.1 Å². The number of carbonyl (C=O) groups is 1. The summed E-state index contributed by atoms with van der Waals surface area (Å²) in [6.45, 7) is 1.90. The first kappa shape index (κ1) is 13.1. The summed E-state index contributed by atoms with van der Waals surface area (Å²) in [5.41, 5.74) is 5.46. The smallest absolute Gasteiger partial charge is 0.226 e. The van der Waals surface area contributed by atoms with Crippen LogP contribution in [0.25, 0.3) is 0 Å². The molecule has 0 aromatic heterocycles. The molecular formula is C12H21N3O3. The second kappa shape index (κ2) is 6.04. The number of ether oxygens (including phenoxy) is 1. The highest BCUT2D eigenvalue weighted by Crippen LogP contribution is 2.30. The van der Waals surface area contributed by atoms with Crippen LogP contribution in [-0.4, -0.2) is 47.7 Å². The summed E-state index contributed by atoms with van der Waals surface area (Å²) >= 11 is 0. The van der Waals surface area contributed by atoms with Gasteiger partial charge in [0.1, 0.15) is 5.84 Å². The first-order valence-electron chi connectivity index (χ1n) is 6.57. The van der Waals surface area contributed by atoms with Gasteiger partial charge < -0.3 is 20.6 Å². The number of amidine groups is 1. The largest absolute Gasteiger partial charge is 0.409 e. The van der Waals surface area contributed by atoms with Crippen LogP contribution < -0.4 is 5.73 Å². The number of nitrogens with zero attached hydrogens (tertiary/aromatic N) is 2. The van der Waals surface area contributed by atoms with E-state index in [1.165, 1.54) is 0 Å². The van der Waals surface area contributed by atoms with E-state index >= 15 is 0 Å². The monoisotopic (exact) mass is 255 g/mol. The molecule has 6 heteroatoms. The first-order chi connectivity index (χ1) is 8.72.